The summed E-state index contributed by atoms with van der Waals surface area (Å²) < 4.78 is 6.65. The van der Waals surface area contributed by atoms with Crippen LogP contribution in [-0.4, -0.2) is 6.61 Å². The lowest BCUT2D eigenvalue weighted by Gasteiger charge is -2.10. The Bertz CT molecular complexity index is 339. The number of ether oxygens (including phenoxy) is 1. The van der Waals surface area contributed by atoms with Crippen LogP contribution in [0.2, 0.25) is 0 Å². The minimum atomic E-state index is 0.780. The van der Waals surface area contributed by atoms with E-state index in [2.05, 4.69) is 22.9 Å². The topological polar surface area (TPSA) is 35.2 Å². The fourth-order valence-corrected chi connectivity index (χ4v) is 1.97. The highest BCUT2D eigenvalue weighted by Gasteiger charge is 2.04. The van der Waals surface area contributed by atoms with E-state index in [1.165, 1.54) is 19.3 Å². The number of hydrogen-bond donors (Lipinski definition) is 1. The van der Waals surface area contributed by atoms with E-state index in [1.54, 1.807) is 0 Å². The molecule has 0 spiro atoms. The predicted molar refractivity (Wildman–Crippen MR) is 72.9 cm³/mol. The Hall–Kier alpha value is -0.700. The van der Waals surface area contributed by atoms with Gasteiger partial charge >= 0.3 is 0 Å². The number of nitrogens with two attached hydrogens (primary N) is 1. The van der Waals surface area contributed by atoms with Crippen molar-refractivity contribution in [3.8, 4) is 5.75 Å². The third kappa shape index (κ3) is 4.05. The molecule has 0 aliphatic heterocycles. The molecule has 0 unspecified atom stereocenters. The average Bonchev–Trinajstić information content (AvgIpc) is 2.25. The highest BCUT2D eigenvalue weighted by molar-refractivity contribution is 9.10. The molecule has 90 valence electrons. The van der Waals surface area contributed by atoms with Crippen molar-refractivity contribution in [1.82, 2.24) is 0 Å². The molecule has 0 aromatic heterocycles. The van der Waals surface area contributed by atoms with Gasteiger partial charge in [0.25, 0.3) is 0 Å². The first-order valence-corrected chi connectivity index (χ1v) is 6.63. The number of aryl methyl sites for hydroxylation is 1. The summed E-state index contributed by atoms with van der Waals surface area (Å²) in [6.07, 6.45) is 4.89. The SMILES string of the molecule is CCCCCCOc1cc(C)c(N)cc1Br. The standard InChI is InChI=1S/C13H20BrNO/c1-3-4-5-6-7-16-13-8-10(2)12(15)9-11(13)14/h8-9H,3-7,15H2,1-2H3. The lowest BCUT2D eigenvalue weighted by Crippen LogP contribution is -1.99. The van der Waals surface area contributed by atoms with Crippen molar-refractivity contribution in [3.63, 3.8) is 0 Å². The fourth-order valence-electron chi connectivity index (χ4n) is 1.49. The van der Waals surface area contributed by atoms with Gasteiger partial charge in [-0.05, 0) is 47.0 Å². The Kier molecular flexibility index (Phi) is 5.67. The van der Waals surface area contributed by atoms with Gasteiger partial charge in [-0.3, -0.25) is 0 Å². The summed E-state index contributed by atoms with van der Waals surface area (Å²) in [6, 6.07) is 3.88. The molecule has 0 amide bonds. The Morgan fingerprint density at radius 3 is 2.69 bits per heavy atom. The van der Waals surface area contributed by atoms with Crippen molar-refractivity contribution >= 4 is 21.6 Å². The largest absolute Gasteiger partial charge is 0.492 e. The molecule has 0 saturated carbocycles. The second-order valence-electron chi connectivity index (χ2n) is 4.05. The number of rotatable bonds is 6. The zero-order valence-corrected chi connectivity index (χ0v) is 11.6. The van der Waals surface area contributed by atoms with Crippen LogP contribution < -0.4 is 10.5 Å². The highest BCUT2D eigenvalue weighted by atomic mass is 79.9. The van der Waals surface area contributed by atoms with Crippen LogP contribution in [-0.2, 0) is 0 Å². The Morgan fingerprint density at radius 1 is 1.25 bits per heavy atom. The highest BCUT2D eigenvalue weighted by Crippen LogP contribution is 2.29. The number of hydrogen-bond acceptors (Lipinski definition) is 2. The maximum absolute atomic E-state index is 5.80. The van der Waals surface area contributed by atoms with Crippen LogP contribution in [0.4, 0.5) is 5.69 Å². The Labute approximate surface area is 106 Å². The van der Waals surface area contributed by atoms with Crippen LogP contribution in [0.25, 0.3) is 0 Å². The number of benzene rings is 1. The van der Waals surface area contributed by atoms with Crippen molar-refractivity contribution in [3.05, 3.63) is 22.2 Å². The van der Waals surface area contributed by atoms with Crippen molar-refractivity contribution < 1.29 is 4.74 Å². The molecule has 2 N–H and O–H groups in total. The predicted octanol–water partition coefficient (Wildman–Crippen LogP) is 4.30. The summed E-state index contributed by atoms with van der Waals surface area (Å²) in [5, 5.41) is 0. The van der Waals surface area contributed by atoms with Gasteiger partial charge in [0.1, 0.15) is 5.75 Å². The van der Waals surface area contributed by atoms with E-state index in [0.717, 1.165) is 34.5 Å². The summed E-state index contributed by atoms with van der Waals surface area (Å²) >= 11 is 3.46. The van der Waals surface area contributed by atoms with E-state index >= 15 is 0 Å². The number of nitrogen functional groups attached to an aromatic ring is 1. The van der Waals surface area contributed by atoms with E-state index in [9.17, 15) is 0 Å². The van der Waals surface area contributed by atoms with Gasteiger partial charge in [0, 0.05) is 5.69 Å². The molecule has 2 nitrogen and oxygen atoms in total. The van der Waals surface area contributed by atoms with Crippen molar-refractivity contribution in [2.45, 2.75) is 39.5 Å². The molecule has 1 aromatic rings. The molecule has 0 aliphatic carbocycles. The maximum Gasteiger partial charge on any atom is 0.133 e. The molecule has 0 aliphatic rings. The maximum atomic E-state index is 5.80. The van der Waals surface area contributed by atoms with Gasteiger partial charge in [0.2, 0.25) is 0 Å². The molecule has 0 heterocycles. The Morgan fingerprint density at radius 2 is 2.00 bits per heavy atom. The third-order valence-corrected chi connectivity index (χ3v) is 3.20. The Balaban J connectivity index is 2.45. The minimum Gasteiger partial charge on any atom is -0.492 e. The first kappa shape index (κ1) is 13.4. The molecule has 1 aromatic carbocycles. The normalized spacial score (nSPS) is 10.4. The summed E-state index contributed by atoms with van der Waals surface area (Å²) in [5.74, 6) is 0.892. The van der Waals surface area contributed by atoms with Gasteiger partial charge in [-0.2, -0.15) is 0 Å². The van der Waals surface area contributed by atoms with E-state index in [0.29, 0.717) is 0 Å². The molecule has 0 bridgehead atoms. The van der Waals surface area contributed by atoms with Gasteiger partial charge in [-0.25, -0.2) is 0 Å². The average molecular weight is 286 g/mol. The molecule has 0 atom stereocenters. The van der Waals surface area contributed by atoms with Crippen LogP contribution in [0.15, 0.2) is 16.6 Å². The van der Waals surface area contributed by atoms with E-state index < -0.39 is 0 Å². The summed E-state index contributed by atoms with van der Waals surface area (Å²) in [5.41, 5.74) is 7.66. The zero-order chi connectivity index (χ0) is 12.0. The second kappa shape index (κ2) is 6.79. The first-order valence-electron chi connectivity index (χ1n) is 5.83. The van der Waals surface area contributed by atoms with Crippen LogP contribution in [0.5, 0.6) is 5.75 Å². The van der Waals surface area contributed by atoms with Crippen LogP contribution in [0, 0.1) is 6.92 Å². The lowest BCUT2D eigenvalue weighted by molar-refractivity contribution is 0.303. The first-order chi connectivity index (χ1) is 7.65. The fraction of sp³-hybridized carbons (Fsp3) is 0.538. The molecular formula is C13H20BrNO. The summed E-state index contributed by atoms with van der Waals surface area (Å²) in [7, 11) is 0. The van der Waals surface area contributed by atoms with Crippen LogP contribution in [0.1, 0.15) is 38.2 Å². The molecular weight excluding hydrogens is 266 g/mol. The van der Waals surface area contributed by atoms with E-state index in [-0.39, 0.29) is 0 Å². The number of unbranched alkanes of at least 4 members (excludes halogenated alkanes) is 3. The molecule has 0 radical (unpaired) electrons. The number of anilines is 1. The van der Waals surface area contributed by atoms with Crippen molar-refractivity contribution in [2.24, 2.45) is 0 Å². The molecule has 3 heteroatoms. The monoisotopic (exact) mass is 285 g/mol. The van der Waals surface area contributed by atoms with Crippen LogP contribution in [0.3, 0.4) is 0 Å². The van der Waals surface area contributed by atoms with Gasteiger partial charge < -0.3 is 10.5 Å². The summed E-state index contributed by atoms with van der Waals surface area (Å²) in [4.78, 5) is 0. The van der Waals surface area contributed by atoms with Gasteiger partial charge in [0.15, 0.2) is 0 Å². The zero-order valence-electron chi connectivity index (χ0n) is 10.1. The minimum absolute atomic E-state index is 0.780. The van der Waals surface area contributed by atoms with Crippen molar-refractivity contribution in [2.75, 3.05) is 12.3 Å². The quantitative estimate of drug-likeness (QED) is 0.625. The second-order valence-corrected chi connectivity index (χ2v) is 4.90. The van der Waals surface area contributed by atoms with Gasteiger partial charge in [-0.15, -0.1) is 0 Å². The number of halogens is 1. The third-order valence-electron chi connectivity index (χ3n) is 2.58. The van der Waals surface area contributed by atoms with Gasteiger partial charge in [0.05, 0.1) is 11.1 Å². The van der Waals surface area contributed by atoms with E-state index in [4.69, 9.17) is 10.5 Å². The lowest BCUT2D eigenvalue weighted by atomic mass is 10.2. The molecule has 0 fully saturated rings. The smallest absolute Gasteiger partial charge is 0.133 e. The molecule has 16 heavy (non-hydrogen) atoms. The van der Waals surface area contributed by atoms with Crippen molar-refractivity contribution in [1.29, 1.82) is 0 Å². The molecule has 0 saturated heterocycles. The van der Waals surface area contributed by atoms with E-state index in [1.807, 2.05) is 19.1 Å². The summed E-state index contributed by atoms with van der Waals surface area (Å²) in [6.45, 7) is 4.98. The molecule has 1 rings (SSSR count). The van der Waals surface area contributed by atoms with Gasteiger partial charge in [-0.1, -0.05) is 26.2 Å². The van der Waals surface area contributed by atoms with Crippen LogP contribution >= 0.6 is 15.9 Å².